The van der Waals surface area contributed by atoms with Gasteiger partial charge < -0.3 is 5.11 Å². The van der Waals surface area contributed by atoms with Crippen LogP contribution in [0.15, 0.2) is 170 Å². The minimum atomic E-state index is -0.818. The predicted molar refractivity (Wildman–Crippen MR) is 260 cm³/mol. The van der Waals surface area contributed by atoms with Gasteiger partial charge in [0.1, 0.15) is 11.6 Å². The van der Waals surface area contributed by atoms with E-state index in [-0.39, 0.29) is 17.6 Å². The normalized spacial score (nSPS) is 12.0. The molecule has 0 radical (unpaired) electrons. The van der Waals surface area contributed by atoms with E-state index in [4.69, 9.17) is 11.3 Å². The Morgan fingerprint density at radius 1 is 0.516 bits per heavy atom. The first kappa shape index (κ1) is 39.1. The molecule has 0 aliphatic rings. The molecule has 2 heterocycles. The third-order valence-corrected chi connectivity index (χ3v) is 12.1. The lowest BCUT2D eigenvalue weighted by Crippen LogP contribution is -2.04. The Hall–Kier alpha value is -7.04. The molecule has 0 aliphatic carbocycles. The molecule has 0 spiro atoms. The van der Waals surface area contributed by atoms with Crippen molar-refractivity contribution in [2.45, 2.75) is 66.2 Å². The first-order valence-electron chi connectivity index (χ1n) is 22.2. The number of phenols is 1. The SMILES string of the molecule is [2H]C(C)(C)c1ccc(-n2c(-c3cc(C(C)C)cc(C(C)C)c3O)nc3c(-c4cc(-c5ccccc5)cc(-c5cc(-c6ccc(C)cc6)ccn5)c4)cccc32)c(-c2ccccc2)c1. The fourth-order valence-electron chi connectivity index (χ4n) is 8.51. The molecule has 0 fully saturated rings. The Balaban J connectivity index is 1.35. The van der Waals surface area contributed by atoms with Gasteiger partial charge in [-0.15, -0.1) is 0 Å². The van der Waals surface area contributed by atoms with Crippen molar-refractivity contribution in [1.82, 2.24) is 14.5 Å². The van der Waals surface area contributed by atoms with E-state index in [1.165, 1.54) is 5.56 Å². The van der Waals surface area contributed by atoms with Crippen LogP contribution < -0.4 is 0 Å². The fraction of sp³-hybridized carbons (Fsp3) is 0.172. The summed E-state index contributed by atoms with van der Waals surface area (Å²) < 4.78 is 11.3. The number of phenolic OH excluding ortho intramolecular Hbond substituents is 1. The highest BCUT2D eigenvalue weighted by atomic mass is 16.3. The van der Waals surface area contributed by atoms with Crippen LogP contribution in [0, 0.1) is 6.92 Å². The summed E-state index contributed by atoms with van der Waals surface area (Å²) in [6.07, 6.45) is 1.90. The van der Waals surface area contributed by atoms with Gasteiger partial charge in [0, 0.05) is 24.3 Å². The lowest BCUT2D eigenvalue weighted by Gasteiger charge is -2.20. The largest absolute Gasteiger partial charge is 0.507 e. The van der Waals surface area contributed by atoms with Crippen LogP contribution in [0.2, 0.25) is 0 Å². The summed E-state index contributed by atoms with van der Waals surface area (Å²) in [7, 11) is 0. The van der Waals surface area contributed by atoms with Gasteiger partial charge in [-0.2, -0.15) is 0 Å². The monoisotopic (exact) mass is 808 g/mol. The number of pyridine rings is 1. The smallest absolute Gasteiger partial charge is 0.149 e. The quantitative estimate of drug-likeness (QED) is 0.150. The first-order chi connectivity index (χ1) is 30.3. The Kier molecular flexibility index (Phi) is 10.6. The highest BCUT2D eigenvalue weighted by Gasteiger charge is 2.25. The van der Waals surface area contributed by atoms with Crippen molar-refractivity contribution in [3.63, 3.8) is 0 Å². The van der Waals surface area contributed by atoms with E-state index in [9.17, 15) is 5.11 Å². The average Bonchev–Trinajstić information content (AvgIpc) is 3.68. The van der Waals surface area contributed by atoms with Crippen molar-refractivity contribution >= 4 is 11.0 Å². The van der Waals surface area contributed by atoms with E-state index in [2.05, 4.69) is 191 Å². The number of aromatic hydroxyl groups is 1. The summed E-state index contributed by atoms with van der Waals surface area (Å²) >= 11 is 0. The highest BCUT2D eigenvalue weighted by molar-refractivity contribution is 5.98. The Morgan fingerprint density at radius 2 is 1.18 bits per heavy atom. The van der Waals surface area contributed by atoms with Crippen LogP contribution in [0.4, 0.5) is 0 Å². The third-order valence-electron chi connectivity index (χ3n) is 12.1. The first-order valence-corrected chi connectivity index (χ1v) is 21.7. The zero-order valence-corrected chi connectivity index (χ0v) is 36.6. The number of hydrogen-bond acceptors (Lipinski definition) is 3. The maximum absolute atomic E-state index is 12.3. The highest BCUT2D eigenvalue weighted by Crippen LogP contribution is 2.44. The summed E-state index contributed by atoms with van der Waals surface area (Å²) in [5.74, 6) is 0.394. The van der Waals surface area contributed by atoms with Crippen LogP contribution in [0.1, 0.15) is 82.9 Å². The summed E-state index contributed by atoms with van der Waals surface area (Å²) in [6.45, 7) is 14.6. The van der Waals surface area contributed by atoms with E-state index in [1.807, 2.05) is 32.2 Å². The van der Waals surface area contributed by atoms with Crippen LogP contribution >= 0.6 is 0 Å². The van der Waals surface area contributed by atoms with Gasteiger partial charge in [-0.3, -0.25) is 9.55 Å². The van der Waals surface area contributed by atoms with Crippen LogP contribution in [-0.2, 0) is 0 Å². The molecular weight excluding hydrogens is 755 g/mol. The Morgan fingerprint density at radius 3 is 1.87 bits per heavy atom. The van der Waals surface area contributed by atoms with Gasteiger partial charge in [0.25, 0.3) is 0 Å². The molecule has 0 aliphatic heterocycles. The van der Waals surface area contributed by atoms with Crippen LogP contribution in [-0.4, -0.2) is 19.6 Å². The summed E-state index contributed by atoms with van der Waals surface area (Å²) in [6, 6.07) is 57.5. The molecule has 7 aromatic carbocycles. The van der Waals surface area contributed by atoms with Crippen LogP contribution in [0.5, 0.6) is 5.75 Å². The van der Waals surface area contributed by atoms with Gasteiger partial charge in [0.05, 0.1) is 28.0 Å². The van der Waals surface area contributed by atoms with E-state index in [0.717, 1.165) is 89.2 Å². The van der Waals surface area contributed by atoms with E-state index in [0.29, 0.717) is 11.4 Å². The maximum Gasteiger partial charge on any atom is 0.149 e. The number of fused-ring (bicyclic) bond motifs is 1. The molecule has 4 heteroatoms. The van der Waals surface area contributed by atoms with Crippen LogP contribution in [0.3, 0.4) is 0 Å². The minimum Gasteiger partial charge on any atom is -0.507 e. The number of nitrogens with zero attached hydrogens (tertiary/aromatic N) is 3. The van der Waals surface area contributed by atoms with Crippen molar-refractivity contribution in [2.24, 2.45) is 0 Å². The molecule has 306 valence electrons. The zero-order chi connectivity index (χ0) is 44.0. The lowest BCUT2D eigenvalue weighted by atomic mass is 9.91. The molecular formula is C58H53N3O. The molecule has 0 saturated heterocycles. The number of para-hydroxylation sites is 1. The lowest BCUT2D eigenvalue weighted by molar-refractivity contribution is 0.466. The standard InChI is InChI=1S/C58H53N3O/c1-36(2)43-25-26-54(51(32-43)42-17-12-9-13-18-42)61-55-20-14-19-49(56(55)60-58(61)52-34-45(37(3)4)33-50(38(5)6)57(52)62)47-29-46(40-15-10-8-11-16-40)30-48(31-47)53-35-44(27-28-59-53)41-23-21-39(7)22-24-41/h8-38,62H,1-7H3/i36D. The van der Waals surface area contributed by atoms with E-state index < -0.39 is 5.89 Å². The van der Waals surface area contributed by atoms with Gasteiger partial charge in [0.2, 0.25) is 0 Å². The van der Waals surface area contributed by atoms with Gasteiger partial charge in [-0.25, -0.2) is 4.98 Å². The number of benzene rings is 7. The molecule has 9 rings (SSSR count). The molecule has 4 nitrogen and oxygen atoms in total. The second kappa shape index (κ2) is 16.8. The molecule has 1 N–H and O–H groups in total. The van der Waals surface area contributed by atoms with Crippen molar-refractivity contribution in [1.29, 1.82) is 0 Å². The number of imidazole rings is 1. The van der Waals surface area contributed by atoms with E-state index in [1.54, 1.807) is 0 Å². The number of rotatable bonds is 10. The molecule has 9 aromatic rings. The Bertz CT molecular complexity index is 3100. The second-order valence-electron chi connectivity index (χ2n) is 17.3. The molecule has 0 atom stereocenters. The van der Waals surface area contributed by atoms with Gasteiger partial charge in [-0.1, -0.05) is 156 Å². The predicted octanol–water partition coefficient (Wildman–Crippen LogP) is 15.8. The van der Waals surface area contributed by atoms with E-state index >= 15 is 0 Å². The van der Waals surface area contributed by atoms with Crippen molar-refractivity contribution < 1.29 is 6.48 Å². The fourth-order valence-corrected chi connectivity index (χ4v) is 8.51. The zero-order valence-electron chi connectivity index (χ0n) is 37.6. The summed E-state index contributed by atoms with van der Waals surface area (Å²) in [5.41, 5.74) is 17.8. The second-order valence-corrected chi connectivity index (χ2v) is 17.3. The molecule has 2 aromatic heterocycles. The Labute approximate surface area is 367 Å². The maximum atomic E-state index is 12.3. The molecule has 0 bridgehead atoms. The molecule has 62 heavy (non-hydrogen) atoms. The summed E-state index contributed by atoms with van der Waals surface area (Å²) in [5, 5.41) is 12.3. The minimum absolute atomic E-state index is 0.0894. The summed E-state index contributed by atoms with van der Waals surface area (Å²) in [4.78, 5) is 10.6. The number of aryl methyl sites for hydroxylation is 1. The topological polar surface area (TPSA) is 50.9 Å². The van der Waals surface area contributed by atoms with Crippen LogP contribution in [0.25, 0.3) is 83.9 Å². The van der Waals surface area contributed by atoms with Gasteiger partial charge in [0.15, 0.2) is 0 Å². The average molecular weight is 809 g/mol. The van der Waals surface area contributed by atoms with Gasteiger partial charge in [-0.05, 0) is 129 Å². The molecule has 0 unspecified atom stereocenters. The van der Waals surface area contributed by atoms with Crippen molar-refractivity contribution in [2.75, 3.05) is 0 Å². The van der Waals surface area contributed by atoms with Crippen molar-refractivity contribution in [3.8, 4) is 78.6 Å². The number of aromatic nitrogens is 3. The molecule has 0 amide bonds. The number of hydrogen-bond donors (Lipinski definition) is 1. The molecule has 0 saturated carbocycles. The van der Waals surface area contributed by atoms with Gasteiger partial charge >= 0.3 is 0 Å². The third kappa shape index (κ3) is 7.74. The van der Waals surface area contributed by atoms with Crippen molar-refractivity contribution in [3.05, 3.63) is 192 Å².